The molecule has 2 N–H and O–H groups in total. The van der Waals surface area contributed by atoms with Crippen LogP contribution in [0.3, 0.4) is 0 Å². The summed E-state index contributed by atoms with van der Waals surface area (Å²) in [7, 11) is 1.57. The van der Waals surface area contributed by atoms with Crippen molar-refractivity contribution in [2.24, 2.45) is 0 Å². The summed E-state index contributed by atoms with van der Waals surface area (Å²) < 4.78 is 6.91. The van der Waals surface area contributed by atoms with Crippen molar-refractivity contribution in [3.8, 4) is 5.88 Å². The number of aromatic nitrogens is 5. The fourth-order valence-corrected chi connectivity index (χ4v) is 2.37. The van der Waals surface area contributed by atoms with Gasteiger partial charge in [0.2, 0.25) is 11.0 Å². The van der Waals surface area contributed by atoms with Crippen LogP contribution in [-0.2, 0) is 0 Å². The molecule has 1 aliphatic rings. The van der Waals surface area contributed by atoms with Crippen LogP contribution >= 0.6 is 11.8 Å². The highest BCUT2D eigenvalue weighted by atomic mass is 32.2. The quantitative estimate of drug-likeness (QED) is 0.885. The Hall–Kier alpha value is -1.83. The van der Waals surface area contributed by atoms with Crippen LogP contribution in [0.15, 0.2) is 22.3 Å². The molecule has 3 rings (SSSR count). The largest absolute Gasteiger partial charge is 0.481 e. The summed E-state index contributed by atoms with van der Waals surface area (Å²) in [5.41, 5.74) is 6.47. The van der Waals surface area contributed by atoms with E-state index >= 15 is 0 Å². The number of hydrogen-bond acceptors (Lipinski definition) is 7. The fraction of sp³-hybridized carbons (Fsp3) is 0.400. The number of methoxy groups -OCH3 is 1. The first-order valence-electron chi connectivity index (χ1n) is 5.54. The lowest BCUT2D eigenvalue weighted by Crippen LogP contribution is -2.00. The normalized spacial score (nSPS) is 14.7. The number of hydrogen-bond donors (Lipinski definition) is 1. The van der Waals surface area contributed by atoms with Gasteiger partial charge in [0.25, 0.3) is 0 Å². The van der Waals surface area contributed by atoms with Crippen molar-refractivity contribution in [2.45, 2.75) is 29.1 Å². The third kappa shape index (κ3) is 2.10. The monoisotopic (exact) mass is 264 g/mol. The van der Waals surface area contributed by atoms with Crippen LogP contribution in [-0.4, -0.2) is 32.3 Å². The van der Waals surface area contributed by atoms with Gasteiger partial charge in [0.15, 0.2) is 0 Å². The van der Waals surface area contributed by atoms with Gasteiger partial charge >= 0.3 is 0 Å². The number of pyridine rings is 1. The molecular formula is C10H12N6OS. The summed E-state index contributed by atoms with van der Waals surface area (Å²) in [6.45, 7) is 0. The van der Waals surface area contributed by atoms with E-state index in [0.717, 1.165) is 12.8 Å². The zero-order chi connectivity index (χ0) is 12.5. The Morgan fingerprint density at radius 3 is 3.00 bits per heavy atom. The standard InChI is InChI=1S/C10H12N6OS/c1-17-8-5-4-7(11)9(12-8)18-10-13-14-15-16(10)6-2-3-6/h4-6H,2-3,11H2,1H3. The van der Waals surface area contributed by atoms with Crippen molar-refractivity contribution in [3.05, 3.63) is 12.1 Å². The number of nitrogens with two attached hydrogens (primary N) is 1. The van der Waals surface area contributed by atoms with Crippen molar-refractivity contribution in [2.75, 3.05) is 12.8 Å². The maximum absolute atomic E-state index is 5.89. The Labute approximate surface area is 108 Å². The van der Waals surface area contributed by atoms with Gasteiger partial charge in [-0.3, -0.25) is 0 Å². The molecular weight excluding hydrogens is 252 g/mol. The van der Waals surface area contributed by atoms with E-state index in [1.165, 1.54) is 11.8 Å². The van der Waals surface area contributed by atoms with Gasteiger partial charge in [-0.15, -0.1) is 5.10 Å². The van der Waals surface area contributed by atoms with Crippen LogP contribution in [0.25, 0.3) is 0 Å². The van der Waals surface area contributed by atoms with Crippen molar-refractivity contribution in [3.63, 3.8) is 0 Å². The molecule has 1 aliphatic carbocycles. The zero-order valence-corrected chi connectivity index (χ0v) is 10.6. The van der Waals surface area contributed by atoms with Gasteiger partial charge in [0.1, 0.15) is 5.03 Å². The molecule has 8 heteroatoms. The fourth-order valence-electron chi connectivity index (χ4n) is 1.52. The second kappa shape index (κ2) is 4.45. The second-order valence-corrected chi connectivity index (χ2v) is 4.94. The first-order valence-corrected chi connectivity index (χ1v) is 6.36. The minimum Gasteiger partial charge on any atom is -0.481 e. The average molecular weight is 264 g/mol. The molecule has 0 bridgehead atoms. The number of nitrogen functional groups attached to an aromatic ring is 1. The summed E-state index contributed by atoms with van der Waals surface area (Å²) in [4.78, 5) is 4.29. The smallest absolute Gasteiger partial charge is 0.215 e. The van der Waals surface area contributed by atoms with E-state index in [2.05, 4.69) is 20.5 Å². The molecule has 0 radical (unpaired) electrons. The molecule has 0 amide bonds. The topological polar surface area (TPSA) is 91.7 Å². The van der Waals surface area contributed by atoms with E-state index in [1.807, 2.05) is 4.68 Å². The molecule has 2 aromatic rings. The molecule has 0 spiro atoms. The molecule has 2 aromatic heterocycles. The Balaban J connectivity index is 1.89. The number of nitrogens with zero attached hydrogens (tertiary/aromatic N) is 5. The second-order valence-electron chi connectivity index (χ2n) is 3.99. The average Bonchev–Trinajstić information content (AvgIpc) is 3.13. The van der Waals surface area contributed by atoms with E-state index in [1.54, 1.807) is 19.2 Å². The number of rotatable bonds is 4. The lowest BCUT2D eigenvalue weighted by Gasteiger charge is -2.06. The van der Waals surface area contributed by atoms with Crippen LogP contribution in [0.2, 0.25) is 0 Å². The van der Waals surface area contributed by atoms with E-state index in [4.69, 9.17) is 10.5 Å². The first-order chi connectivity index (χ1) is 8.78. The van der Waals surface area contributed by atoms with Crippen molar-refractivity contribution in [1.29, 1.82) is 0 Å². The Kier molecular flexibility index (Phi) is 2.78. The summed E-state index contributed by atoms with van der Waals surface area (Å²) in [6, 6.07) is 3.91. The lowest BCUT2D eigenvalue weighted by molar-refractivity contribution is 0.395. The third-order valence-corrected chi connectivity index (χ3v) is 3.59. The van der Waals surface area contributed by atoms with Crippen LogP contribution in [0.4, 0.5) is 5.69 Å². The predicted molar refractivity (Wildman–Crippen MR) is 65.4 cm³/mol. The molecule has 7 nitrogen and oxygen atoms in total. The van der Waals surface area contributed by atoms with Gasteiger partial charge in [-0.05, 0) is 41.1 Å². The minimum absolute atomic E-state index is 0.425. The number of tetrazole rings is 1. The SMILES string of the molecule is COc1ccc(N)c(Sc2nnnn2C2CC2)n1. The molecule has 0 saturated heterocycles. The summed E-state index contributed by atoms with van der Waals surface area (Å²) in [6.07, 6.45) is 2.25. The maximum atomic E-state index is 5.89. The summed E-state index contributed by atoms with van der Waals surface area (Å²) in [5.74, 6) is 0.525. The number of anilines is 1. The molecule has 2 heterocycles. The Morgan fingerprint density at radius 1 is 1.44 bits per heavy atom. The van der Waals surface area contributed by atoms with Gasteiger partial charge in [0, 0.05) is 6.07 Å². The highest BCUT2D eigenvalue weighted by Crippen LogP contribution is 2.38. The van der Waals surface area contributed by atoms with Gasteiger partial charge < -0.3 is 10.5 Å². The van der Waals surface area contributed by atoms with Crippen molar-refractivity contribution in [1.82, 2.24) is 25.2 Å². The molecule has 0 unspecified atom stereocenters. The van der Waals surface area contributed by atoms with Crippen LogP contribution in [0.5, 0.6) is 5.88 Å². The van der Waals surface area contributed by atoms with E-state index in [0.29, 0.717) is 27.8 Å². The maximum Gasteiger partial charge on any atom is 0.215 e. The molecule has 0 aliphatic heterocycles. The van der Waals surface area contributed by atoms with E-state index in [9.17, 15) is 0 Å². The van der Waals surface area contributed by atoms with Crippen molar-refractivity contribution >= 4 is 17.4 Å². The van der Waals surface area contributed by atoms with E-state index in [-0.39, 0.29) is 0 Å². The summed E-state index contributed by atoms with van der Waals surface area (Å²) in [5, 5.41) is 13.0. The highest BCUT2D eigenvalue weighted by Gasteiger charge is 2.28. The Bertz CT molecular complexity index is 567. The highest BCUT2D eigenvalue weighted by molar-refractivity contribution is 7.99. The van der Waals surface area contributed by atoms with Crippen LogP contribution < -0.4 is 10.5 Å². The van der Waals surface area contributed by atoms with E-state index < -0.39 is 0 Å². The predicted octanol–water partition coefficient (Wildman–Crippen LogP) is 1.14. The Morgan fingerprint density at radius 2 is 2.28 bits per heavy atom. The lowest BCUT2D eigenvalue weighted by atomic mass is 10.4. The van der Waals surface area contributed by atoms with Crippen LogP contribution in [0, 0.1) is 0 Å². The zero-order valence-electron chi connectivity index (χ0n) is 9.78. The van der Waals surface area contributed by atoms with Gasteiger partial charge in [-0.1, -0.05) is 0 Å². The summed E-state index contributed by atoms with van der Waals surface area (Å²) >= 11 is 1.36. The molecule has 0 atom stereocenters. The molecule has 18 heavy (non-hydrogen) atoms. The number of ether oxygens (including phenoxy) is 1. The molecule has 1 fully saturated rings. The van der Waals surface area contributed by atoms with Crippen molar-refractivity contribution < 1.29 is 4.74 Å². The molecule has 0 aromatic carbocycles. The van der Waals surface area contributed by atoms with Gasteiger partial charge in [0.05, 0.1) is 18.8 Å². The molecule has 94 valence electrons. The van der Waals surface area contributed by atoms with Crippen LogP contribution in [0.1, 0.15) is 18.9 Å². The van der Waals surface area contributed by atoms with Gasteiger partial charge in [-0.25, -0.2) is 9.67 Å². The first kappa shape index (κ1) is 11.3. The molecule has 1 saturated carbocycles. The minimum atomic E-state index is 0.425. The third-order valence-electron chi connectivity index (χ3n) is 2.62. The van der Waals surface area contributed by atoms with Gasteiger partial charge in [-0.2, -0.15) is 0 Å².